The van der Waals surface area contributed by atoms with E-state index in [2.05, 4.69) is 10.6 Å². The highest BCUT2D eigenvalue weighted by Gasteiger charge is 2.12. The van der Waals surface area contributed by atoms with Gasteiger partial charge in [0.2, 0.25) is 5.91 Å². The minimum atomic E-state index is -0.302. The van der Waals surface area contributed by atoms with Gasteiger partial charge in [0.05, 0.1) is 13.7 Å². The van der Waals surface area contributed by atoms with Gasteiger partial charge in [-0.15, -0.1) is 0 Å². The Hall–Kier alpha value is -1.75. The fraction of sp³-hybridized carbons (Fsp3) is 0.500. The van der Waals surface area contributed by atoms with Gasteiger partial charge in [-0.25, -0.2) is 0 Å². The fourth-order valence-electron chi connectivity index (χ4n) is 1.65. The molecule has 19 heavy (non-hydrogen) atoms. The average Bonchev–Trinajstić information content (AvgIpc) is 2.41. The van der Waals surface area contributed by atoms with Crippen LogP contribution in [-0.4, -0.2) is 39.3 Å². The number of anilines is 1. The van der Waals surface area contributed by atoms with E-state index < -0.39 is 0 Å². The molecule has 2 N–H and O–H groups in total. The number of methoxy groups -OCH3 is 2. The lowest BCUT2D eigenvalue weighted by atomic mass is 10.1. The highest BCUT2D eigenvalue weighted by molar-refractivity contribution is 5.84. The first-order chi connectivity index (χ1) is 9.08. The summed E-state index contributed by atoms with van der Waals surface area (Å²) in [6, 6.07) is 5.40. The maximum absolute atomic E-state index is 11.8. The Morgan fingerprint density at radius 2 is 2.11 bits per heavy atom. The Morgan fingerprint density at radius 3 is 2.68 bits per heavy atom. The van der Waals surface area contributed by atoms with E-state index in [4.69, 9.17) is 9.47 Å². The molecule has 1 rings (SSSR count). The topological polar surface area (TPSA) is 59.6 Å². The van der Waals surface area contributed by atoms with Gasteiger partial charge < -0.3 is 20.1 Å². The molecule has 1 aromatic carbocycles. The molecule has 0 aliphatic heterocycles. The van der Waals surface area contributed by atoms with Crippen LogP contribution in [0.15, 0.2) is 18.2 Å². The molecule has 0 saturated heterocycles. The summed E-state index contributed by atoms with van der Waals surface area (Å²) in [4.78, 5) is 11.8. The van der Waals surface area contributed by atoms with Gasteiger partial charge in [-0.3, -0.25) is 4.79 Å². The first-order valence-corrected chi connectivity index (χ1v) is 6.26. The van der Waals surface area contributed by atoms with Crippen LogP contribution in [0, 0.1) is 6.92 Å². The van der Waals surface area contributed by atoms with Gasteiger partial charge in [0, 0.05) is 19.3 Å². The highest BCUT2D eigenvalue weighted by Crippen LogP contribution is 2.21. The molecule has 0 aliphatic carbocycles. The molecule has 0 saturated carbocycles. The van der Waals surface area contributed by atoms with E-state index >= 15 is 0 Å². The normalized spacial score (nSPS) is 11.8. The maximum Gasteiger partial charge on any atom is 0.242 e. The highest BCUT2D eigenvalue weighted by atomic mass is 16.5. The van der Waals surface area contributed by atoms with Crippen LogP contribution >= 0.6 is 0 Å². The standard InChI is InChI=1S/C14H22N2O3/c1-10-9-12(19-4)5-6-13(10)16-11(2)14(17)15-7-8-18-3/h5-6,9,11,16H,7-8H2,1-4H3,(H,15,17). The maximum atomic E-state index is 11.8. The quantitative estimate of drug-likeness (QED) is 0.735. The Balaban J connectivity index is 2.56. The molecule has 1 unspecified atom stereocenters. The Bertz CT molecular complexity index is 421. The number of nitrogens with one attached hydrogen (secondary N) is 2. The zero-order valence-corrected chi connectivity index (χ0v) is 11.9. The number of rotatable bonds is 7. The summed E-state index contributed by atoms with van der Waals surface area (Å²) in [5.74, 6) is 0.757. The summed E-state index contributed by atoms with van der Waals surface area (Å²) in [6.45, 7) is 4.83. The van der Waals surface area contributed by atoms with Crippen molar-refractivity contribution in [2.75, 3.05) is 32.7 Å². The molecular weight excluding hydrogens is 244 g/mol. The number of aryl methyl sites for hydroxylation is 1. The molecule has 0 bridgehead atoms. The van der Waals surface area contributed by atoms with Crippen LogP contribution < -0.4 is 15.4 Å². The van der Waals surface area contributed by atoms with E-state index in [-0.39, 0.29) is 11.9 Å². The van der Waals surface area contributed by atoms with Crippen LogP contribution in [0.4, 0.5) is 5.69 Å². The number of hydrogen-bond donors (Lipinski definition) is 2. The van der Waals surface area contributed by atoms with Gasteiger partial charge >= 0.3 is 0 Å². The second-order valence-electron chi connectivity index (χ2n) is 4.33. The average molecular weight is 266 g/mol. The summed E-state index contributed by atoms with van der Waals surface area (Å²) < 4.78 is 10.0. The minimum absolute atomic E-state index is 0.0488. The van der Waals surface area contributed by atoms with Gasteiger partial charge in [-0.05, 0) is 37.6 Å². The smallest absolute Gasteiger partial charge is 0.242 e. The molecule has 1 atom stereocenters. The second kappa shape index (κ2) is 7.63. The zero-order chi connectivity index (χ0) is 14.3. The van der Waals surface area contributed by atoms with E-state index in [0.29, 0.717) is 13.2 Å². The van der Waals surface area contributed by atoms with Crippen LogP contribution in [0.25, 0.3) is 0 Å². The van der Waals surface area contributed by atoms with E-state index in [9.17, 15) is 4.79 Å². The van der Waals surface area contributed by atoms with Crippen LogP contribution in [0.1, 0.15) is 12.5 Å². The fourth-order valence-corrected chi connectivity index (χ4v) is 1.65. The number of carbonyl (C=O) groups excluding carboxylic acids is 1. The molecule has 0 aliphatic rings. The first-order valence-electron chi connectivity index (χ1n) is 6.26. The number of ether oxygens (including phenoxy) is 2. The third-order valence-electron chi connectivity index (χ3n) is 2.80. The Kier molecular flexibility index (Phi) is 6.15. The number of carbonyl (C=O) groups is 1. The lowest BCUT2D eigenvalue weighted by molar-refractivity contribution is -0.121. The van der Waals surface area contributed by atoms with Crippen LogP contribution in [0.5, 0.6) is 5.75 Å². The van der Waals surface area contributed by atoms with Crippen molar-refractivity contribution in [3.63, 3.8) is 0 Å². The lowest BCUT2D eigenvalue weighted by Crippen LogP contribution is -2.39. The zero-order valence-electron chi connectivity index (χ0n) is 11.9. The van der Waals surface area contributed by atoms with E-state index in [1.54, 1.807) is 14.2 Å². The van der Waals surface area contributed by atoms with Gasteiger partial charge in [0.25, 0.3) is 0 Å². The lowest BCUT2D eigenvalue weighted by Gasteiger charge is -2.17. The van der Waals surface area contributed by atoms with Crippen molar-refractivity contribution in [2.45, 2.75) is 19.9 Å². The van der Waals surface area contributed by atoms with Gasteiger partial charge in [0.1, 0.15) is 11.8 Å². The molecule has 106 valence electrons. The van der Waals surface area contributed by atoms with Gasteiger partial charge in [-0.1, -0.05) is 0 Å². The summed E-state index contributed by atoms with van der Waals surface area (Å²) in [5.41, 5.74) is 1.96. The molecule has 0 fully saturated rings. The van der Waals surface area contributed by atoms with Gasteiger partial charge in [-0.2, -0.15) is 0 Å². The summed E-state index contributed by atoms with van der Waals surface area (Å²) >= 11 is 0. The number of benzene rings is 1. The Labute approximate surface area is 114 Å². The predicted molar refractivity (Wildman–Crippen MR) is 75.7 cm³/mol. The van der Waals surface area contributed by atoms with Crippen molar-refractivity contribution in [1.29, 1.82) is 0 Å². The number of hydrogen-bond acceptors (Lipinski definition) is 4. The van der Waals surface area contributed by atoms with Crippen molar-refractivity contribution in [3.8, 4) is 5.75 Å². The van der Waals surface area contributed by atoms with E-state index in [0.717, 1.165) is 17.0 Å². The summed E-state index contributed by atoms with van der Waals surface area (Å²) in [7, 11) is 3.24. The van der Waals surface area contributed by atoms with Crippen molar-refractivity contribution in [1.82, 2.24) is 5.32 Å². The monoisotopic (exact) mass is 266 g/mol. The summed E-state index contributed by atoms with van der Waals surface area (Å²) in [5, 5.41) is 5.97. The van der Waals surface area contributed by atoms with Crippen molar-refractivity contribution < 1.29 is 14.3 Å². The summed E-state index contributed by atoms with van der Waals surface area (Å²) in [6.07, 6.45) is 0. The van der Waals surface area contributed by atoms with Crippen molar-refractivity contribution >= 4 is 11.6 Å². The minimum Gasteiger partial charge on any atom is -0.497 e. The molecular formula is C14H22N2O3. The molecule has 0 radical (unpaired) electrons. The van der Waals surface area contributed by atoms with Crippen molar-refractivity contribution in [3.05, 3.63) is 23.8 Å². The van der Waals surface area contributed by atoms with E-state index in [1.807, 2.05) is 32.0 Å². The predicted octanol–water partition coefficient (Wildman–Crippen LogP) is 1.57. The van der Waals surface area contributed by atoms with E-state index in [1.165, 1.54) is 0 Å². The largest absolute Gasteiger partial charge is 0.497 e. The molecule has 1 aromatic rings. The molecule has 1 amide bonds. The third-order valence-corrected chi connectivity index (χ3v) is 2.80. The van der Waals surface area contributed by atoms with Crippen LogP contribution in [-0.2, 0) is 9.53 Å². The molecule has 0 spiro atoms. The van der Waals surface area contributed by atoms with Gasteiger partial charge in [0.15, 0.2) is 0 Å². The van der Waals surface area contributed by atoms with Crippen LogP contribution in [0.3, 0.4) is 0 Å². The molecule has 5 nitrogen and oxygen atoms in total. The SMILES string of the molecule is COCCNC(=O)C(C)Nc1ccc(OC)cc1C. The van der Waals surface area contributed by atoms with Crippen LogP contribution in [0.2, 0.25) is 0 Å². The second-order valence-corrected chi connectivity index (χ2v) is 4.33. The third kappa shape index (κ3) is 4.79. The number of amides is 1. The Morgan fingerprint density at radius 1 is 1.37 bits per heavy atom. The van der Waals surface area contributed by atoms with Crippen molar-refractivity contribution in [2.24, 2.45) is 0 Å². The first kappa shape index (κ1) is 15.3. The molecule has 5 heteroatoms. The molecule has 0 heterocycles. The molecule has 0 aromatic heterocycles.